The summed E-state index contributed by atoms with van der Waals surface area (Å²) in [7, 11) is -4.46. The van der Waals surface area contributed by atoms with Crippen molar-refractivity contribution in [1.29, 1.82) is 0 Å². The van der Waals surface area contributed by atoms with Gasteiger partial charge < -0.3 is 9.47 Å². The Labute approximate surface area is 274 Å². The first-order valence-corrected chi connectivity index (χ1v) is 18.1. The maximum absolute atomic E-state index is 14.1. The average molecular weight is 649 g/mol. The van der Waals surface area contributed by atoms with Crippen molar-refractivity contribution in [3.05, 3.63) is 107 Å². The van der Waals surface area contributed by atoms with E-state index in [0.717, 1.165) is 38.5 Å². The molecule has 4 fully saturated rings. The summed E-state index contributed by atoms with van der Waals surface area (Å²) in [5, 5.41) is 0.755. The van der Waals surface area contributed by atoms with E-state index in [1.54, 1.807) is 24.3 Å². The van der Waals surface area contributed by atoms with Gasteiger partial charge in [0.05, 0.1) is 17.9 Å². The molecule has 11 rings (SSSR count). The van der Waals surface area contributed by atoms with Crippen LogP contribution in [0.1, 0.15) is 79.0 Å². The number of hydrogen-bond acceptors (Lipinski definition) is 6. The zero-order valence-corrected chi connectivity index (χ0v) is 26.7. The molecule has 8 heteroatoms. The van der Waals surface area contributed by atoms with Crippen molar-refractivity contribution < 1.29 is 32.0 Å². The summed E-state index contributed by atoms with van der Waals surface area (Å²) in [6.07, 6.45) is 5.83. The van der Waals surface area contributed by atoms with E-state index in [1.807, 2.05) is 0 Å². The highest BCUT2D eigenvalue weighted by molar-refractivity contribution is 7.86. The monoisotopic (exact) mass is 648 g/mol. The maximum Gasteiger partial charge on any atom is 0.317 e. The number of carbonyl (C=O) groups excluding carboxylic acids is 2. The summed E-state index contributed by atoms with van der Waals surface area (Å²) in [5.74, 6) is 0.506. The standard InChI is InChI=1S/C39H36O7S/c40-36(32-16-31-25-7-1-5-11-29(25)35(32)30-12-6-2-8-26(30)31)45-22-38-17-23-15-24(18-38)20-39(19-23,21-38)37(41)46-33-13-14-34(47(42,43)44)28-10-4-3-9-27(28)33/h1-14,23-24,31-32,35H,15-22H2,(H,42,43,44). The second-order valence-corrected chi connectivity index (χ2v) is 16.3. The van der Waals surface area contributed by atoms with Crippen LogP contribution in [-0.2, 0) is 24.4 Å². The normalized spacial score (nSPS) is 31.3. The molecule has 1 N–H and O–H groups in total. The molecule has 0 radical (unpaired) electrons. The van der Waals surface area contributed by atoms with E-state index in [-0.39, 0.29) is 45.8 Å². The van der Waals surface area contributed by atoms with E-state index in [1.165, 1.54) is 34.4 Å². The number of fused-ring (bicyclic) bond motifs is 2. The molecule has 0 saturated heterocycles. The second-order valence-electron chi connectivity index (χ2n) is 15.0. The third-order valence-corrected chi connectivity index (χ3v) is 13.0. The van der Waals surface area contributed by atoms with Gasteiger partial charge in [0.2, 0.25) is 0 Å². The Hall–Kier alpha value is -4.01. The fourth-order valence-electron chi connectivity index (χ4n) is 10.8. The average Bonchev–Trinajstić information content (AvgIpc) is 3.06. The highest BCUT2D eigenvalue weighted by Gasteiger charge is 2.62. The summed E-state index contributed by atoms with van der Waals surface area (Å²) >= 11 is 0. The van der Waals surface area contributed by atoms with Crippen LogP contribution in [0.3, 0.4) is 0 Å². The van der Waals surface area contributed by atoms with Crippen molar-refractivity contribution in [3.63, 3.8) is 0 Å². The molecule has 0 heterocycles. The Bertz CT molecular complexity index is 2020. The Kier molecular flexibility index (Phi) is 6.35. The van der Waals surface area contributed by atoms with Gasteiger partial charge in [0, 0.05) is 28.0 Å². The molecule has 4 aromatic carbocycles. The van der Waals surface area contributed by atoms with E-state index in [9.17, 15) is 22.6 Å². The molecule has 7 nitrogen and oxygen atoms in total. The number of ether oxygens (including phenoxy) is 2. The van der Waals surface area contributed by atoms with Crippen LogP contribution in [0.2, 0.25) is 0 Å². The summed E-state index contributed by atoms with van der Waals surface area (Å²) < 4.78 is 46.2. The van der Waals surface area contributed by atoms with Gasteiger partial charge >= 0.3 is 11.9 Å². The first-order chi connectivity index (χ1) is 22.6. The minimum atomic E-state index is -4.46. The Morgan fingerprint density at radius 1 is 0.745 bits per heavy atom. The van der Waals surface area contributed by atoms with Crippen LogP contribution in [-0.4, -0.2) is 31.5 Å². The fourth-order valence-corrected chi connectivity index (χ4v) is 11.5. The van der Waals surface area contributed by atoms with Gasteiger partial charge in [0.1, 0.15) is 10.6 Å². The van der Waals surface area contributed by atoms with Gasteiger partial charge in [-0.2, -0.15) is 8.42 Å². The van der Waals surface area contributed by atoms with Gasteiger partial charge in [-0.3, -0.25) is 14.1 Å². The molecule has 6 bridgehead atoms. The molecule has 7 aliphatic rings. The van der Waals surface area contributed by atoms with Gasteiger partial charge in [-0.05, 0) is 91.2 Å². The molecule has 4 saturated carbocycles. The van der Waals surface area contributed by atoms with Gasteiger partial charge in [0.15, 0.2) is 0 Å². The van der Waals surface area contributed by atoms with Crippen molar-refractivity contribution in [2.45, 2.75) is 61.7 Å². The molecule has 240 valence electrons. The van der Waals surface area contributed by atoms with Crippen LogP contribution in [0, 0.1) is 28.6 Å². The van der Waals surface area contributed by atoms with Gasteiger partial charge in [0.25, 0.3) is 10.1 Å². The van der Waals surface area contributed by atoms with E-state index < -0.39 is 15.5 Å². The van der Waals surface area contributed by atoms with Gasteiger partial charge in [-0.25, -0.2) is 0 Å². The molecule has 47 heavy (non-hydrogen) atoms. The van der Waals surface area contributed by atoms with Crippen molar-refractivity contribution in [3.8, 4) is 5.75 Å². The molecule has 0 aromatic heterocycles. The van der Waals surface area contributed by atoms with Crippen LogP contribution in [0.5, 0.6) is 5.75 Å². The van der Waals surface area contributed by atoms with Crippen LogP contribution >= 0.6 is 0 Å². The van der Waals surface area contributed by atoms with Crippen LogP contribution in [0.4, 0.5) is 0 Å². The quantitative estimate of drug-likeness (QED) is 0.132. The third-order valence-electron chi connectivity index (χ3n) is 12.1. The molecule has 0 aliphatic heterocycles. The van der Waals surface area contributed by atoms with Crippen LogP contribution < -0.4 is 4.74 Å². The van der Waals surface area contributed by atoms with Crippen molar-refractivity contribution in [2.24, 2.45) is 28.6 Å². The summed E-state index contributed by atoms with van der Waals surface area (Å²) in [6.45, 7) is 0.316. The topological polar surface area (TPSA) is 107 Å². The highest BCUT2D eigenvalue weighted by atomic mass is 32.2. The molecule has 7 aliphatic carbocycles. The number of carbonyl (C=O) groups is 2. The smallest absolute Gasteiger partial charge is 0.317 e. The zero-order valence-electron chi connectivity index (χ0n) is 25.9. The van der Waals surface area contributed by atoms with Gasteiger partial charge in [-0.1, -0.05) is 72.8 Å². The molecular formula is C39H36O7S. The third kappa shape index (κ3) is 4.51. The summed E-state index contributed by atoms with van der Waals surface area (Å²) in [6, 6.07) is 26.5. The number of rotatable bonds is 6. The van der Waals surface area contributed by atoms with Crippen LogP contribution in [0.25, 0.3) is 10.8 Å². The van der Waals surface area contributed by atoms with E-state index in [0.29, 0.717) is 35.6 Å². The molecule has 3 atom stereocenters. The van der Waals surface area contributed by atoms with E-state index in [2.05, 4.69) is 48.5 Å². The van der Waals surface area contributed by atoms with Crippen molar-refractivity contribution in [1.82, 2.24) is 0 Å². The SMILES string of the molecule is O=C(OCC12CC3CC(C1)CC(C(=O)Oc1ccc(S(=O)(=O)O)c4ccccc14)(C3)C2)C1CC2c3ccccc3C1c1ccccc12. The molecule has 4 aromatic rings. The van der Waals surface area contributed by atoms with Crippen LogP contribution in [0.15, 0.2) is 89.8 Å². The number of hydrogen-bond donors (Lipinski definition) is 1. The largest absolute Gasteiger partial charge is 0.465 e. The lowest BCUT2D eigenvalue weighted by Gasteiger charge is -2.60. The summed E-state index contributed by atoms with van der Waals surface area (Å²) in [5.41, 5.74) is 4.17. The fraction of sp³-hybridized carbons (Fsp3) is 0.385. The molecule has 0 amide bonds. The zero-order chi connectivity index (χ0) is 32.1. The predicted octanol–water partition coefficient (Wildman–Crippen LogP) is 7.42. The maximum atomic E-state index is 14.1. The lowest BCUT2D eigenvalue weighted by atomic mass is 9.44. The molecule has 0 spiro atoms. The minimum Gasteiger partial charge on any atom is -0.465 e. The lowest BCUT2D eigenvalue weighted by Crippen LogP contribution is -2.57. The molecule has 3 unspecified atom stereocenters. The lowest BCUT2D eigenvalue weighted by molar-refractivity contribution is -0.183. The first kappa shape index (κ1) is 29.2. The number of esters is 2. The Morgan fingerprint density at radius 2 is 1.34 bits per heavy atom. The predicted molar refractivity (Wildman–Crippen MR) is 175 cm³/mol. The minimum absolute atomic E-state index is 0.0142. The second kappa shape index (κ2) is 10.2. The van der Waals surface area contributed by atoms with Crippen molar-refractivity contribution in [2.75, 3.05) is 6.61 Å². The first-order valence-electron chi connectivity index (χ1n) is 16.7. The Morgan fingerprint density at radius 3 is 1.98 bits per heavy atom. The Balaban J connectivity index is 0.965. The highest BCUT2D eigenvalue weighted by Crippen LogP contribution is 2.66. The molecular weight excluding hydrogens is 612 g/mol. The summed E-state index contributed by atoms with van der Waals surface area (Å²) in [4.78, 5) is 27.9. The van der Waals surface area contributed by atoms with Gasteiger partial charge in [-0.15, -0.1) is 0 Å². The van der Waals surface area contributed by atoms with E-state index >= 15 is 0 Å². The van der Waals surface area contributed by atoms with Crippen molar-refractivity contribution >= 4 is 32.8 Å². The van der Waals surface area contributed by atoms with E-state index in [4.69, 9.17) is 9.47 Å². The number of benzene rings is 4.